The number of carboxylic acid groups (broad SMARTS) is 1. The molecule has 0 aromatic heterocycles. The Morgan fingerprint density at radius 2 is 2.12 bits per heavy atom. The van der Waals surface area contributed by atoms with E-state index >= 15 is 0 Å². The van der Waals surface area contributed by atoms with E-state index in [1.54, 1.807) is 18.3 Å². The van der Waals surface area contributed by atoms with Crippen LogP contribution in [0.25, 0.3) is 0 Å². The molecule has 0 amide bonds. The highest BCUT2D eigenvalue weighted by Gasteiger charge is 2.51. The van der Waals surface area contributed by atoms with Crippen LogP contribution in [0.15, 0.2) is 17.1 Å². The molecule has 1 fully saturated rings. The van der Waals surface area contributed by atoms with Crippen molar-refractivity contribution in [3.05, 3.63) is 16.8 Å². The van der Waals surface area contributed by atoms with Crippen molar-refractivity contribution >= 4 is 5.97 Å². The van der Waals surface area contributed by atoms with E-state index in [2.05, 4.69) is 23.0 Å². The van der Waals surface area contributed by atoms with Gasteiger partial charge in [-0.1, -0.05) is 12.1 Å². The lowest BCUT2D eigenvalue weighted by molar-refractivity contribution is -0.230. The minimum absolute atomic E-state index is 0.583. The lowest BCUT2D eigenvalue weighted by Crippen LogP contribution is -2.65. The molecule has 0 aliphatic carbocycles. The SMILES string of the molecule is CCCNCCC1=CN(C)NN1C1OC(C(=O)O)C(O)C(O)C1N=O. The third-order valence-corrected chi connectivity index (χ3v) is 4.11. The second kappa shape index (κ2) is 8.54. The van der Waals surface area contributed by atoms with Crippen LogP contribution in [-0.4, -0.2) is 82.0 Å². The predicted octanol–water partition coefficient (Wildman–Crippen LogP) is -1.45. The summed E-state index contributed by atoms with van der Waals surface area (Å²) in [5.74, 6) is -1.43. The molecule has 2 aliphatic heterocycles. The molecule has 0 aromatic carbocycles. The standard InChI is InChI=1S/C14H25N5O6/c1-3-5-15-6-4-8-7-18(2)17-19(8)13-9(16-24)10(20)11(21)12(25-13)14(22)23/h7,9-13,15,17,20-21H,3-6H2,1-2H3,(H,22,23). The molecule has 11 nitrogen and oxygen atoms in total. The average Bonchev–Trinajstić information content (AvgIpc) is 2.94. The quantitative estimate of drug-likeness (QED) is 0.257. The molecule has 25 heavy (non-hydrogen) atoms. The van der Waals surface area contributed by atoms with Gasteiger partial charge in [0.25, 0.3) is 0 Å². The molecular weight excluding hydrogens is 334 g/mol. The number of carboxylic acids is 1. The normalized spacial score (nSPS) is 32.6. The van der Waals surface area contributed by atoms with Gasteiger partial charge in [-0.3, -0.25) is 10.0 Å². The lowest BCUT2D eigenvalue weighted by Gasteiger charge is -2.42. The third-order valence-electron chi connectivity index (χ3n) is 4.11. The number of hydrogen-bond donors (Lipinski definition) is 5. The van der Waals surface area contributed by atoms with Gasteiger partial charge >= 0.3 is 5.97 Å². The summed E-state index contributed by atoms with van der Waals surface area (Å²) in [6.45, 7) is 3.59. The minimum atomic E-state index is -1.74. The zero-order valence-corrected chi connectivity index (χ0v) is 14.2. The van der Waals surface area contributed by atoms with Crippen molar-refractivity contribution in [3.8, 4) is 0 Å². The van der Waals surface area contributed by atoms with Crippen LogP contribution in [-0.2, 0) is 9.53 Å². The smallest absolute Gasteiger partial charge is 0.335 e. The van der Waals surface area contributed by atoms with Crippen LogP contribution in [0.4, 0.5) is 0 Å². The Morgan fingerprint density at radius 1 is 1.40 bits per heavy atom. The van der Waals surface area contributed by atoms with Gasteiger partial charge in [-0.25, -0.2) is 4.79 Å². The van der Waals surface area contributed by atoms with Gasteiger partial charge in [0, 0.05) is 26.2 Å². The van der Waals surface area contributed by atoms with Gasteiger partial charge in [0.05, 0.1) is 5.70 Å². The summed E-state index contributed by atoms with van der Waals surface area (Å²) in [7, 11) is 1.73. The van der Waals surface area contributed by atoms with Crippen LogP contribution < -0.4 is 10.9 Å². The highest BCUT2D eigenvalue weighted by Crippen LogP contribution is 2.29. The second-order valence-corrected chi connectivity index (χ2v) is 6.06. The maximum atomic E-state index is 11.3. The average molecular weight is 359 g/mol. The lowest BCUT2D eigenvalue weighted by atomic mass is 9.96. The van der Waals surface area contributed by atoms with E-state index < -0.39 is 36.6 Å². The van der Waals surface area contributed by atoms with Crippen LogP contribution in [0.2, 0.25) is 0 Å². The van der Waals surface area contributed by atoms with Crippen LogP contribution in [0.1, 0.15) is 19.8 Å². The molecule has 5 atom stereocenters. The second-order valence-electron chi connectivity index (χ2n) is 6.06. The number of nitrogens with one attached hydrogen (secondary N) is 2. The van der Waals surface area contributed by atoms with E-state index in [1.807, 2.05) is 0 Å². The molecule has 2 heterocycles. The van der Waals surface area contributed by atoms with Crippen molar-refractivity contribution in [1.29, 1.82) is 0 Å². The van der Waals surface area contributed by atoms with Gasteiger partial charge in [-0.05, 0) is 13.0 Å². The Labute approximate surface area is 145 Å². The summed E-state index contributed by atoms with van der Waals surface area (Å²) in [5.41, 5.74) is 3.64. The first-order valence-corrected chi connectivity index (χ1v) is 8.17. The summed E-state index contributed by atoms with van der Waals surface area (Å²) in [4.78, 5) is 22.5. The fourth-order valence-corrected chi connectivity index (χ4v) is 2.87. The number of carbonyl (C=O) groups is 1. The highest BCUT2D eigenvalue weighted by atomic mass is 16.6. The Morgan fingerprint density at radius 3 is 2.72 bits per heavy atom. The number of hydrogen-bond acceptors (Lipinski definition) is 10. The number of rotatable bonds is 8. The van der Waals surface area contributed by atoms with Crippen LogP contribution in [0.3, 0.4) is 0 Å². The zero-order chi connectivity index (χ0) is 18.6. The number of hydrazine groups is 2. The van der Waals surface area contributed by atoms with Crippen molar-refractivity contribution in [3.63, 3.8) is 0 Å². The van der Waals surface area contributed by atoms with Gasteiger partial charge in [0.15, 0.2) is 18.4 Å². The number of nitrogens with zero attached hydrogens (tertiary/aromatic N) is 3. The number of aliphatic hydroxyl groups excluding tert-OH is 2. The third kappa shape index (κ3) is 4.25. The molecule has 0 radical (unpaired) electrons. The Hall–Kier alpha value is -1.79. The van der Waals surface area contributed by atoms with Crippen molar-refractivity contribution in [2.24, 2.45) is 5.18 Å². The fraction of sp³-hybridized carbons (Fsp3) is 0.786. The first kappa shape index (κ1) is 19.5. The number of ether oxygens (including phenoxy) is 1. The van der Waals surface area contributed by atoms with E-state index in [4.69, 9.17) is 4.74 Å². The molecule has 5 unspecified atom stereocenters. The number of aliphatic hydroxyl groups is 2. The minimum Gasteiger partial charge on any atom is -0.479 e. The fourth-order valence-electron chi connectivity index (χ4n) is 2.87. The molecule has 1 saturated heterocycles. The summed E-state index contributed by atoms with van der Waals surface area (Å²) in [6.07, 6.45) is -2.87. The van der Waals surface area contributed by atoms with E-state index in [0.717, 1.165) is 18.7 Å². The summed E-state index contributed by atoms with van der Waals surface area (Å²) < 4.78 is 5.40. The molecule has 142 valence electrons. The molecule has 0 saturated carbocycles. The van der Waals surface area contributed by atoms with Crippen molar-refractivity contribution < 1.29 is 24.9 Å². The summed E-state index contributed by atoms with van der Waals surface area (Å²) >= 11 is 0. The van der Waals surface area contributed by atoms with Crippen molar-refractivity contribution in [1.82, 2.24) is 20.9 Å². The van der Waals surface area contributed by atoms with E-state index in [0.29, 0.717) is 13.0 Å². The number of aliphatic carboxylic acids is 1. The highest BCUT2D eigenvalue weighted by molar-refractivity contribution is 5.73. The van der Waals surface area contributed by atoms with Gasteiger partial charge in [-0.2, -0.15) is 4.91 Å². The van der Waals surface area contributed by atoms with Gasteiger partial charge in [-0.15, -0.1) is 5.53 Å². The van der Waals surface area contributed by atoms with Crippen LogP contribution in [0, 0.1) is 4.91 Å². The van der Waals surface area contributed by atoms with Crippen LogP contribution in [0.5, 0.6) is 0 Å². The Kier molecular flexibility index (Phi) is 6.67. The molecule has 0 spiro atoms. The van der Waals surface area contributed by atoms with Crippen molar-refractivity contribution in [2.75, 3.05) is 20.1 Å². The zero-order valence-electron chi connectivity index (χ0n) is 14.2. The maximum Gasteiger partial charge on any atom is 0.335 e. The van der Waals surface area contributed by atoms with Gasteiger partial charge < -0.3 is 25.4 Å². The summed E-state index contributed by atoms with van der Waals surface area (Å²) in [5, 5.41) is 38.3. The van der Waals surface area contributed by atoms with Gasteiger partial charge in [0.2, 0.25) is 0 Å². The van der Waals surface area contributed by atoms with Crippen LogP contribution >= 0.6 is 0 Å². The largest absolute Gasteiger partial charge is 0.479 e. The molecule has 5 N–H and O–H groups in total. The molecule has 0 bridgehead atoms. The molecule has 11 heteroatoms. The van der Waals surface area contributed by atoms with E-state index in [1.165, 1.54) is 5.01 Å². The topological polar surface area (TPSA) is 147 Å². The van der Waals surface area contributed by atoms with E-state index in [9.17, 15) is 25.0 Å². The monoisotopic (exact) mass is 359 g/mol. The molecule has 2 aliphatic rings. The Balaban J connectivity index is 2.16. The predicted molar refractivity (Wildman–Crippen MR) is 86.5 cm³/mol. The first-order valence-electron chi connectivity index (χ1n) is 8.17. The molecular formula is C14H25N5O6. The first-order chi connectivity index (χ1) is 11.9. The maximum absolute atomic E-state index is 11.3. The Bertz CT molecular complexity index is 518. The van der Waals surface area contributed by atoms with Crippen molar-refractivity contribution in [2.45, 2.75) is 50.3 Å². The molecule has 2 rings (SSSR count). The molecule has 0 aromatic rings. The van der Waals surface area contributed by atoms with Gasteiger partial charge in [0.1, 0.15) is 12.2 Å². The van der Waals surface area contributed by atoms with E-state index in [-0.39, 0.29) is 0 Å². The number of nitroso groups, excluding NO2 is 1. The summed E-state index contributed by atoms with van der Waals surface area (Å²) in [6, 6.07) is -1.35.